The van der Waals surface area contributed by atoms with E-state index in [9.17, 15) is 0 Å². The number of benzene rings is 1. The topological polar surface area (TPSA) is 26.0 Å². The van der Waals surface area contributed by atoms with E-state index >= 15 is 0 Å². The second-order valence-electron chi connectivity index (χ2n) is 5.17. The molecule has 0 heterocycles. The van der Waals surface area contributed by atoms with Crippen molar-refractivity contribution in [1.82, 2.24) is 0 Å². The quantitative estimate of drug-likeness (QED) is 0.690. The molecule has 0 aliphatic heterocycles. The molecule has 1 nitrogen and oxygen atoms in total. The van der Waals surface area contributed by atoms with E-state index in [1.165, 1.54) is 24.8 Å². The van der Waals surface area contributed by atoms with Crippen LogP contribution in [0.1, 0.15) is 44.6 Å². The number of anilines is 1. The average molecular weight is 203 g/mol. The van der Waals surface area contributed by atoms with Crippen LogP contribution in [-0.4, -0.2) is 0 Å². The molecule has 0 aromatic heterocycles. The molecule has 1 aliphatic carbocycles. The van der Waals surface area contributed by atoms with Gasteiger partial charge in [-0.15, -0.1) is 0 Å². The molecule has 1 aromatic carbocycles. The van der Waals surface area contributed by atoms with E-state index in [4.69, 9.17) is 5.73 Å². The third-order valence-corrected chi connectivity index (χ3v) is 3.80. The highest BCUT2D eigenvalue weighted by molar-refractivity contribution is 5.40. The van der Waals surface area contributed by atoms with E-state index < -0.39 is 0 Å². The molecule has 3 atom stereocenters. The van der Waals surface area contributed by atoms with Crippen LogP contribution < -0.4 is 5.73 Å². The van der Waals surface area contributed by atoms with E-state index in [1.807, 2.05) is 12.1 Å². The van der Waals surface area contributed by atoms with Crippen LogP contribution in [0.5, 0.6) is 0 Å². The Bertz CT molecular complexity index is 315. The zero-order chi connectivity index (χ0) is 10.8. The Morgan fingerprint density at radius 1 is 1.07 bits per heavy atom. The fourth-order valence-corrected chi connectivity index (χ4v) is 2.90. The highest BCUT2D eigenvalue weighted by atomic mass is 14.5. The van der Waals surface area contributed by atoms with Crippen molar-refractivity contribution in [2.24, 2.45) is 11.8 Å². The standard InChI is InChI=1S/C14H21N/c1-10-3-8-14(11(2)9-10)12-4-6-13(15)7-5-12/h4-7,10-11,14H,3,8-9,15H2,1-2H3/t10-,11+,14-/m1/s1. The molecule has 2 rings (SSSR count). The molecular weight excluding hydrogens is 182 g/mol. The van der Waals surface area contributed by atoms with Gasteiger partial charge >= 0.3 is 0 Å². The van der Waals surface area contributed by atoms with E-state index in [0.29, 0.717) is 0 Å². The van der Waals surface area contributed by atoms with Crippen LogP contribution in [0, 0.1) is 11.8 Å². The maximum atomic E-state index is 5.71. The van der Waals surface area contributed by atoms with Crippen LogP contribution in [0.2, 0.25) is 0 Å². The molecule has 1 aliphatic rings. The second-order valence-corrected chi connectivity index (χ2v) is 5.17. The average Bonchev–Trinajstić information content (AvgIpc) is 2.20. The van der Waals surface area contributed by atoms with Gasteiger partial charge in [-0.05, 0) is 48.3 Å². The summed E-state index contributed by atoms with van der Waals surface area (Å²) in [7, 11) is 0. The summed E-state index contributed by atoms with van der Waals surface area (Å²) >= 11 is 0. The van der Waals surface area contributed by atoms with Crippen molar-refractivity contribution in [3.63, 3.8) is 0 Å². The first-order chi connectivity index (χ1) is 7.16. The summed E-state index contributed by atoms with van der Waals surface area (Å²) in [6, 6.07) is 8.46. The Hall–Kier alpha value is -0.980. The van der Waals surface area contributed by atoms with Crippen LogP contribution >= 0.6 is 0 Å². The van der Waals surface area contributed by atoms with Gasteiger partial charge in [0.05, 0.1) is 0 Å². The Morgan fingerprint density at radius 2 is 1.73 bits per heavy atom. The van der Waals surface area contributed by atoms with Crippen molar-refractivity contribution in [2.75, 3.05) is 5.73 Å². The minimum atomic E-state index is 0.752. The molecule has 1 fully saturated rings. The molecule has 2 N–H and O–H groups in total. The van der Waals surface area contributed by atoms with Crippen LogP contribution in [0.15, 0.2) is 24.3 Å². The summed E-state index contributed by atoms with van der Waals surface area (Å²) in [6.07, 6.45) is 4.08. The first-order valence-corrected chi connectivity index (χ1v) is 6.02. The van der Waals surface area contributed by atoms with Crippen molar-refractivity contribution in [2.45, 2.75) is 39.0 Å². The molecule has 0 spiro atoms. The normalized spacial score (nSPS) is 31.5. The lowest BCUT2D eigenvalue weighted by atomic mass is 9.73. The zero-order valence-corrected chi connectivity index (χ0v) is 9.74. The van der Waals surface area contributed by atoms with E-state index in [2.05, 4.69) is 26.0 Å². The smallest absolute Gasteiger partial charge is 0.0314 e. The van der Waals surface area contributed by atoms with Crippen molar-refractivity contribution in [3.8, 4) is 0 Å². The minimum absolute atomic E-state index is 0.752. The van der Waals surface area contributed by atoms with Crippen LogP contribution in [-0.2, 0) is 0 Å². The summed E-state index contributed by atoms with van der Waals surface area (Å²) in [5.74, 6) is 2.48. The maximum Gasteiger partial charge on any atom is 0.0314 e. The number of nitrogen functional groups attached to an aromatic ring is 1. The van der Waals surface area contributed by atoms with Crippen LogP contribution in [0.25, 0.3) is 0 Å². The van der Waals surface area contributed by atoms with Crippen molar-refractivity contribution >= 4 is 5.69 Å². The van der Waals surface area contributed by atoms with E-state index in [0.717, 1.165) is 23.4 Å². The number of hydrogen-bond acceptors (Lipinski definition) is 1. The first-order valence-electron chi connectivity index (χ1n) is 6.02. The van der Waals surface area contributed by atoms with Gasteiger partial charge in [0.2, 0.25) is 0 Å². The fraction of sp³-hybridized carbons (Fsp3) is 0.571. The van der Waals surface area contributed by atoms with Gasteiger partial charge in [0.15, 0.2) is 0 Å². The predicted molar refractivity (Wildman–Crippen MR) is 65.8 cm³/mol. The maximum absolute atomic E-state index is 5.71. The number of rotatable bonds is 1. The Balaban J connectivity index is 2.13. The van der Waals surface area contributed by atoms with Gasteiger partial charge in [-0.3, -0.25) is 0 Å². The largest absolute Gasteiger partial charge is 0.399 e. The molecule has 1 heteroatoms. The summed E-state index contributed by atoms with van der Waals surface area (Å²) < 4.78 is 0. The van der Waals surface area contributed by atoms with Gasteiger partial charge in [0.1, 0.15) is 0 Å². The molecule has 0 saturated heterocycles. The summed E-state index contributed by atoms with van der Waals surface area (Å²) in [5, 5.41) is 0. The summed E-state index contributed by atoms with van der Waals surface area (Å²) in [6.45, 7) is 4.76. The predicted octanol–water partition coefficient (Wildman–Crippen LogP) is 3.81. The molecule has 0 radical (unpaired) electrons. The fourth-order valence-electron chi connectivity index (χ4n) is 2.90. The van der Waals surface area contributed by atoms with Crippen molar-refractivity contribution < 1.29 is 0 Å². The summed E-state index contributed by atoms with van der Waals surface area (Å²) in [4.78, 5) is 0. The summed E-state index contributed by atoms with van der Waals surface area (Å²) in [5.41, 5.74) is 8.06. The third-order valence-electron chi connectivity index (χ3n) is 3.80. The van der Waals surface area contributed by atoms with Gasteiger partial charge in [0.25, 0.3) is 0 Å². The molecule has 0 amide bonds. The molecule has 1 aromatic rings. The highest BCUT2D eigenvalue weighted by Crippen LogP contribution is 2.39. The van der Waals surface area contributed by atoms with Crippen molar-refractivity contribution in [3.05, 3.63) is 29.8 Å². The minimum Gasteiger partial charge on any atom is -0.399 e. The van der Waals surface area contributed by atoms with Crippen molar-refractivity contribution in [1.29, 1.82) is 0 Å². The lowest BCUT2D eigenvalue weighted by Crippen LogP contribution is -2.19. The van der Waals surface area contributed by atoms with Gasteiger partial charge in [0, 0.05) is 5.69 Å². The lowest BCUT2D eigenvalue weighted by molar-refractivity contribution is 0.262. The Labute approximate surface area is 92.7 Å². The second kappa shape index (κ2) is 4.26. The third kappa shape index (κ3) is 2.34. The zero-order valence-electron chi connectivity index (χ0n) is 9.74. The van der Waals surface area contributed by atoms with Crippen LogP contribution in [0.3, 0.4) is 0 Å². The van der Waals surface area contributed by atoms with E-state index in [1.54, 1.807) is 0 Å². The van der Waals surface area contributed by atoms with Gasteiger partial charge in [-0.25, -0.2) is 0 Å². The highest BCUT2D eigenvalue weighted by Gasteiger charge is 2.26. The Morgan fingerprint density at radius 3 is 2.33 bits per heavy atom. The lowest BCUT2D eigenvalue weighted by Gasteiger charge is -2.33. The molecule has 1 saturated carbocycles. The SMILES string of the molecule is C[C@@H]1CC[C@@H](c2ccc(N)cc2)[C@@H](C)C1. The molecular formula is C14H21N. The Kier molecular flexibility index (Phi) is 2.99. The van der Waals surface area contributed by atoms with Crippen LogP contribution in [0.4, 0.5) is 5.69 Å². The van der Waals surface area contributed by atoms with E-state index in [-0.39, 0.29) is 0 Å². The molecule has 15 heavy (non-hydrogen) atoms. The number of nitrogens with two attached hydrogens (primary N) is 1. The molecule has 0 bridgehead atoms. The molecule has 82 valence electrons. The van der Waals surface area contributed by atoms with Gasteiger partial charge < -0.3 is 5.73 Å². The van der Waals surface area contributed by atoms with Gasteiger partial charge in [-0.2, -0.15) is 0 Å². The molecule has 0 unspecified atom stereocenters. The number of hydrogen-bond donors (Lipinski definition) is 1. The first kappa shape index (κ1) is 10.5. The monoisotopic (exact) mass is 203 g/mol. The van der Waals surface area contributed by atoms with Gasteiger partial charge in [-0.1, -0.05) is 32.4 Å².